The van der Waals surface area contributed by atoms with Crippen LogP contribution in [0.1, 0.15) is 112 Å². The van der Waals surface area contributed by atoms with E-state index in [1.807, 2.05) is 6.92 Å². The number of ether oxygens (including phenoxy) is 1. The molecule has 0 aromatic carbocycles. The molecule has 0 unspecified atom stereocenters. The van der Waals surface area contributed by atoms with Gasteiger partial charge in [-0.1, -0.05) is 51.8 Å². The number of aromatic nitrogens is 2. The number of aliphatic hydroxyl groups excluding tert-OH is 1. The molecule has 3 saturated carbocycles. The van der Waals surface area contributed by atoms with E-state index in [1.54, 1.807) is 10.6 Å². The minimum Gasteiger partial charge on any atom is -0.504 e. The number of rotatable bonds is 9. The first-order chi connectivity index (χ1) is 22.5. The summed E-state index contributed by atoms with van der Waals surface area (Å²) in [6.07, 6.45) is 17.6. The van der Waals surface area contributed by atoms with Crippen LogP contribution in [-0.2, 0) is 20.9 Å². The van der Waals surface area contributed by atoms with Gasteiger partial charge in [0.15, 0.2) is 5.76 Å². The van der Waals surface area contributed by atoms with E-state index in [1.165, 1.54) is 11.8 Å². The van der Waals surface area contributed by atoms with Crippen molar-refractivity contribution in [1.29, 1.82) is 0 Å². The highest BCUT2D eigenvalue weighted by atomic mass is 35.5. The maximum Gasteiger partial charge on any atom is 0.383 e. The van der Waals surface area contributed by atoms with E-state index in [-0.39, 0.29) is 50.3 Å². The van der Waals surface area contributed by atoms with Crippen LogP contribution < -0.4 is 0 Å². The summed E-state index contributed by atoms with van der Waals surface area (Å²) >= 11 is 6.02. The van der Waals surface area contributed by atoms with E-state index in [9.17, 15) is 24.8 Å². The highest BCUT2D eigenvalue weighted by Gasteiger charge is 2.67. The van der Waals surface area contributed by atoms with E-state index in [0.717, 1.165) is 81.8 Å². The van der Waals surface area contributed by atoms with Crippen molar-refractivity contribution in [3.05, 3.63) is 67.9 Å². The Morgan fingerprint density at radius 3 is 2.48 bits per heavy atom. The molecule has 1 N–H and O–H groups in total. The number of imidazole rings is 1. The molecule has 0 spiro atoms. The number of nitrogens with zero attached hydrogens (tertiary/aromatic N) is 3. The average Bonchev–Trinajstić information content (AvgIpc) is 3.42. The zero-order chi connectivity index (χ0) is 34.9. The molecule has 1 heterocycles. The molecule has 6 atom stereocenters. The molecule has 5 aliphatic rings. The van der Waals surface area contributed by atoms with Crippen molar-refractivity contribution in [2.75, 3.05) is 6.61 Å². The first kappa shape index (κ1) is 34.7. The van der Waals surface area contributed by atoms with Crippen molar-refractivity contribution in [3.63, 3.8) is 0 Å². The number of allylic oxidation sites excluding steroid dienone is 7. The Morgan fingerprint density at radius 1 is 1.06 bits per heavy atom. The van der Waals surface area contributed by atoms with E-state index >= 15 is 0 Å². The summed E-state index contributed by atoms with van der Waals surface area (Å²) in [7, 11) is 0. The quantitative estimate of drug-likeness (QED) is 0.119. The predicted molar refractivity (Wildman–Crippen MR) is 184 cm³/mol. The number of hydrogen-bond acceptors (Lipinski definition) is 7. The third-order valence-corrected chi connectivity index (χ3v) is 14.1. The van der Waals surface area contributed by atoms with E-state index in [0.29, 0.717) is 24.6 Å². The fraction of sp³-hybridized carbons (Fsp3) is 0.658. The van der Waals surface area contributed by atoms with Crippen LogP contribution in [0.25, 0.3) is 0 Å². The second-order valence-corrected chi connectivity index (χ2v) is 16.8. The highest BCUT2D eigenvalue weighted by Crippen LogP contribution is 2.75. The minimum absolute atomic E-state index is 0.0243. The number of hydrogen-bond donors (Lipinski definition) is 1. The van der Waals surface area contributed by atoms with Crippen molar-refractivity contribution in [2.24, 2.45) is 33.0 Å². The normalized spacial score (nSPS) is 35.8. The molecule has 6 rings (SSSR count). The second kappa shape index (κ2) is 12.0. The molecule has 0 radical (unpaired) electrons. The molecule has 0 aliphatic heterocycles. The minimum atomic E-state index is -0.548. The summed E-state index contributed by atoms with van der Waals surface area (Å²) < 4.78 is 7.56. The first-order valence-electron chi connectivity index (χ1n) is 17.6. The lowest BCUT2D eigenvalue weighted by Crippen LogP contribution is -2.62. The highest BCUT2D eigenvalue weighted by molar-refractivity contribution is 6.28. The average molecular weight is 680 g/mol. The molecule has 3 fully saturated rings. The summed E-state index contributed by atoms with van der Waals surface area (Å²) in [5, 5.41) is 21.5. The number of unbranched alkanes of at least 4 members (excludes halogenated alkanes) is 3. The van der Waals surface area contributed by atoms with Crippen LogP contribution in [0, 0.1) is 43.1 Å². The Kier molecular flexibility index (Phi) is 8.66. The Morgan fingerprint density at radius 2 is 1.77 bits per heavy atom. The van der Waals surface area contributed by atoms with Gasteiger partial charge in [0.05, 0.1) is 12.0 Å². The van der Waals surface area contributed by atoms with Gasteiger partial charge in [-0.3, -0.25) is 14.2 Å². The second-order valence-electron chi connectivity index (χ2n) is 16.5. The smallest absolute Gasteiger partial charge is 0.383 e. The van der Waals surface area contributed by atoms with Gasteiger partial charge in [0.2, 0.25) is 5.78 Å². The third-order valence-electron chi connectivity index (χ3n) is 13.8. The van der Waals surface area contributed by atoms with Crippen LogP contribution in [0.2, 0.25) is 5.28 Å². The molecule has 5 aliphatic carbocycles. The lowest BCUT2D eigenvalue weighted by Gasteiger charge is -2.70. The number of ketones is 1. The lowest BCUT2D eigenvalue weighted by atomic mass is 9.34. The largest absolute Gasteiger partial charge is 0.504 e. The van der Waals surface area contributed by atoms with Crippen molar-refractivity contribution >= 4 is 29.2 Å². The van der Waals surface area contributed by atoms with Crippen molar-refractivity contribution in [2.45, 2.75) is 119 Å². The number of esters is 1. The van der Waals surface area contributed by atoms with Crippen molar-refractivity contribution in [3.8, 4) is 0 Å². The number of aryl methyl sites for hydroxylation is 1. The molecular weight excluding hydrogens is 630 g/mol. The maximum atomic E-state index is 13.8. The van der Waals surface area contributed by atoms with Gasteiger partial charge in [0.25, 0.3) is 0 Å². The standard InChI is InChI=1S/C38H50ClN3O6/c1-24-25-11-12-28-36(4,26(25)21-27(43)31(24)44)16-18-38(6)29-22-35(3,14-13-34(29,2)15-17-37(28,38)5)32(45)48-20-10-8-7-9-19-41-23-30(42(46)47)40-33(41)39/h11-12,21,23,29,44H,7-10,13-20,22H2,1-6H3/t29-,34-,35-,36+,37-,38+/m1/s1. The van der Waals surface area contributed by atoms with Crippen LogP contribution in [0.5, 0.6) is 0 Å². The number of carbonyl (C=O) groups excluding carboxylic acids is 2. The number of fused-ring (bicyclic) bond motifs is 7. The number of nitro groups is 1. The summed E-state index contributed by atoms with van der Waals surface area (Å²) in [6.45, 7) is 14.5. The van der Waals surface area contributed by atoms with Gasteiger partial charge < -0.3 is 20.0 Å². The molecule has 9 nitrogen and oxygen atoms in total. The van der Waals surface area contributed by atoms with Crippen LogP contribution >= 0.6 is 11.6 Å². The molecular formula is C38H50ClN3O6. The predicted octanol–water partition coefficient (Wildman–Crippen LogP) is 9.18. The number of aliphatic hydroxyl groups is 1. The molecule has 48 heavy (non-hydrogen) atoms. The Hall–Kier alpha value is -3.20. The summed E-state index contributed by atoms with van der Waals surface area (Å²) in [5.41, 5.74) is 3.31. The van der Waals surface area contributed by atoms with Gasteiger partial charge in [0.1, 0.15) is 6.20 Å². The number of halogens is 1. The number of carbonyl (C=O) groups is 2. The monoisotopic (exact) mass is 679 g/mol. The summed E-state index contributed by atoms with van der Waals surface area (Å²) in [4.78, 5) is 40.7. The van der Waals surface area contributed by atoms with E-state index in [2.05, 4.69) is 51.8 Å². The Bertz CT molecular complexity index is 1690. The molecule has 10 heteroatoms. The molecule has 0 amide bonds. The molecule has 1 aromatic rings. The van der Waals surface area contributed by atoms with Crippen LogP contribution in [0.15, 0.2) is 52.5 Å². The van der Waals surface area contributed by atoms with E-state index in [4.69, 9.17) is 16.3 Å². The van der Waals surface area contributed by atoms with Gasteiger partial charge in [-0.15, -0.1) is 0 Å². The van der Waals surface area contributed by atoms with Gasteiger partial charge in [-0.25, -0.2) is 0 Å². The van der Waals surface area contributed by atoms with Gasteiger partial charge >= 0.3 is 17.1 Å². The van der Waals surface area contributed by atoms with Gasteiger partial charge in [-0.2, -0.15) is 0 Å². The first-order valence-corrected chi connectivity index (χ1v) is 18.0. The van der Waals surface area contributed by atoms with Gasteiger partial charge in [0, 0.05) is 17.5 Å². The van der Waals surface area contributed by atoms with Crippen molar-refractivity contribution in [1.82, 2.24) is 9.55 Å². The SMILES string of the molecule is CC1=C(O)C(=O)C=C2C1=CC=C1[C@@]2(C)CC[C@@]2(C)[C@@H]3C[C@](C)(C(=O)OCCCCCCn4cc([N+](=O)[O-])nc4Cl)CC[C@]3(C)CC[C@]12C. The van der Waals surface area contributed by atoms with Gasteiger partial charge in [-0.05, 0) is 139 Å². The molecule has 1 aromatic heterocycles. The summed E-state index contributed by atoms with van der Waals surface area (Å²) in [5.74, 6) is -0.431. The Labute approximate surface area is 288 Å². The zero-order valence-corrected chi connectivity index (χ0v) is 30.0. The summed E-state index contributed by atoms with van der Waals surface area (Å²) in [6, 6.07) is 0. The molecule has 260 valence electrons. The van der Waals surface area contributed by atoms with Crippen LogP contribution in [0.4, 0.5) is 5.82 Å². The van der Waals surface area contributed by atoms with Crippen LogP contribution in [-0.4, -0.2) is 37.9 Å². The molecule has 0 saturated heterocycles. The fourth-order valence-electron chi connectivity index (χ4n) is 10.3. The Balaban J connectivity index is 1.11. The zero-order valence-electron chi connectivity index (χ0n) is 29.3. The third kappa shape index (κ3) is 5.30. The maximum absolute atomic E-state index is 13.8. The topological polar surface area (TPSA) is 125 Å². The van der Waals surface area contributed by atoms with Crippen molar-refractivity contribution < 1.29 is 24.4 Å². The van der Waals surface area contributed by atoms with E-state index < -0.39 is 10.3 Å². The molecule has 0 bridgehead atoms. The lowest BCUT2D eigenvalue weighted by molar-refractivity contribution is -0.389. The fourth-order valence-corrected chi connectivity index (χ4v) is 10.6. The van der Waals surface area contributed by atoms with Crippen LogP contribution in [0.3, 0.4) is 0 Å².